The summed E-state index contributed by atoms with van der Waals surface area (Å²) in [6.45, 7) is 5.63. The number of ether oxygens (including phenoxy) is 2. The van der Waals surface area contributed by atoms with Crippen molar-refractivity contribution >= 4 is 23.2 Å². The zero-order valence-electron chi connectivity index (χ0n) is 11.8. The van der Waals surface area contributed by atoms with Gasteiger partial charge in [-0.2, -0.15) is 0 Å². The molecule has 108 valence electrons. The fraction of sp³-hybridized carbons (Fsp3) is 0.429. The van der Waals surface area contributed by atoms with Crippen LogP contribution in [-0.2, 0) is 14.3 Å². The molecule has 2 amide bonds. The number of benzene rings is 1. The van der Waals surface area contributed by atoms with Crippen LogP contribution in [0.3, 0.4) is 0 Å². The highest BCUT2D eigenvalue weighted by atomic mass is 16.5. The summed E-state index contributed by atoms with van der Waals surface area (Å²) in [5, 5.41) is 5.39. The molecule has 0 unspecified atom stereocenters. The molecule has 2 N–H and O–H groups in total. The minimum Gasteiger partial charge on any atom is -0.482 e. The van der Waals surface area contributed by atoms with Crippen molar-refractivity contribution < 1.29 is 19.1 Å². The topological polar surface area (TPSA) is 76.7 Å². The molecule has 0 aliphatic carbocycles. The second-order valence-corrected chi connectivity index (χ2v) is 5.50. The summed E-state index contributed by atoms with van der Waals surface area (Å²) in [5.41, 5.74) is 0.766. The van der Waals surface area contributed by atoms with Gasteiger partial charge in [-0.1, -0.05) is 0 Å². The molecule has 0 saturated carbocycles. The van der Waals surface area contributed by atoms with Crippen molar-refractivity contribution in [3.63, 3.8) is 0 Å². The fourth-order valence-electron chi connectivity index (χ4n) is 1.64. The standard InChI is InChI=1S/C14H18N2O4/c1-14(2,3)20-8-13(18)15-9-4-5-11-10(6-9)16-12(17)7-19-11/h4-6H,7-8H2,1-3H3,(H,15,18)(H,16,17). The summed E-state index contributed by atoms with van der Waals surface area (Å²) in [6.07, 6.45) is 0. The van der Waals surface area contributed by atoms with Crippen LogP contribution >= 0.6 is 0 Å². The number of carbonyl (C=O) groups is 2. The lowest BCUT2D eigenvalue weighted by Crippen LogP contribution is -2.27. The Morgan fingerprint density at radius 2 is 2.20 bits per heavy atom. The Bertz CT molecular complexity index is 534. The molecule has 6 heteroatoms. The third-order valence-corrected chi connectivity index (χ3v) is 2.53. The molecule has 1 aliphatic rings. The van der Waals surface area contributed by atoms with Gasteiger partial charge >= 0.3 is 0 Å². The molecule has 0 bridgehead atoms. The molecule has 1 aliphatic heterocycles. The van der Waals surface area contributed by atoms with Gasteiger partial charge in [0.05, 0.1) is 11.3 Å². The van der Waals surface area contributed by atoms with Crippen LogP contribution in [0.15, 0.2) is 18.2 Å². The Labute approximate surface area is 117 Å². The van der Waals surface area contributed by atoms with E-state index < -0.39 is 0 Å². The molecule has 0 fully saturated rings. The lowest BCUT2D eigenvalue weighted by molar-refractivity contribution is -0.125. The summed E-state index contributed by atoms with van der Waals surface area (Å²) < 4.78 is 10.6. The highest BCUT2D eigenvalue weighted by Gasteiger charge is 2.17. The van der Waals surface area contributed by atoms with E-state index in [2.05, 4.69) is 10.6 Å². The van der Waals surface area contributed by atoms with Crippen LogP contribution < -0.4 is 15.4 Å². The molecular formula is C14H18N2O4. The van der Waals surface area contributed by atoms with E-state index in [9.17, 15) is 9.59 Å². The SMILES string of the molecule is CC(C)(C)OCC(=O)Nc1ccc2c(c1)NC(=O)CO2. The maximum atomic E-state index is 11.7. The van der Waals surface area contributed by atoms with Gasteiger partial charge in [-0.05, 0) is 39.0 Å². The Balaban J connectivity index is 1.98. The Kier molecular flexibility index (Phi) is 3.94. The van der Waals surface area contributed by atoms with Crippen LogP contribution in [0.25, 0.3) is 0 Å². The molecule has 1 aromatic rings. The van der Waals surface area contributed by atoms with Crippen LogP contribution in [0.5, 0.6) is 5.75 Å². The van der Waals surface area contributed by atoms with E-state index in [1.165, 1.54) is 0 Å². The lowest BCUT2D eigenvalue weighted by Gasteiger charge is -2.20. The van der Waals surface area contributed by atoms with Crippen LogP contribution in [-0.4, -0.2) is 30.6 Å². The number of nitrogens with one attached hydrogen (secondary N) is 2. The molecule has 6 nitrogen and oxygen atoms in total. The van der Waals surface area contributed by atoms with Crippen molar-refractivity contribution in [2.24, 2.45) is 0 Å². The monoisotopic (exact) mass is 278 g/mol. The van der Waals surface area contributed by atoms with Gasteiger partial charge in [-0.25, -0.2) is 0 Å². The predicted molar refractivity (Wildman–Crippen MR) is 74.9 cm³/mol. The van der Waals surface area contributed by atoms with E-state index in [1.54, 1.807) is 18.2 Å². The number of hydrogen-bond acceptors (Lipinski definition) is 4. The summed E-state index contributed by atoms with van der Waals surface area (Å²) >= 11 is 0. The van der Waals surface area contributed by atoms with Gasteiger partial charge in [-0.15, -0.1) is 0 Å². The van der Waals surface area contributed by atoms with Crippen LogP contribution in [0.4, 0.5) is 11.4 Å². The number of rotatable bonds is 3. The van der Waals surface area contributed by atoms with Gasteiger partial charge in [0.2, 0.25) is 5.91 Å². The highest BCUT2D eigenvalue weighted by Crippen LogP contribution is 2.30. The van der Waals surface area contributed by atoms with Crippen molar-refractivity contribution in [2.45, 2.75) is 26.4 Å². The minimum absolute atomic E-state index is 0.0120. The Morgan fingerprint density at radius 1 is 1.45 bits per heavy atom. The van der Waals surface area contributed by atoms with E-state index in [4.69, 9.17) is 9.47 Å². The van der Waals surface area contributed by atoms with Crippen molar-refractivity contribution in [3.05, 3.63) is 18.2 Å². The summed E-state index contributed by atoms with van der Waals surface area (Å²) in [5.74, 6) is 0.133. The number of hydrogen-bond donors (Lipinski definition) is 2. The van der Waals surface area contributed by atoms with Gasteiger partial charge < -0.3 is 20.1 Å². The number of anilines is 2. The number of carbonyl (C=O) groups excluding carboxylic acids is 2. The maximum absolute atomic E-state index is 11.7. The van der Waals surface area contributed by atoms with E-state index in [0.717, 1.165) is 0 Å². The minimum atomic E-state index is -0.366. The largest absolute Gasteiger partial charge is 0.482 e. The smallest absolute Gasteiger partial charge is 0.262 e. The Hall–Kier alpha value is -2.08. The van der Waals surface area contributed by atoms with Crippen molar-refractivity contribution in [1.82, 2.24) is 0 Å². The quantitative estimate of drug-likeness (QED) is 0.883. The molecule has 20 heavy (non-hydrogen) atoms. The van der Waals surface area contributed by atoms with E-state index in [0.29, 0.717) is 17.1 Å². The molecule has 0 radical (unpaired) electrons. The molecule has 1 heterocycles. The molecule has 1 aromatic carbocycles. The molecule has 2 rings (SSSR count). The van der Waals surface area contributed by atoms with Gasteiger partial charge in [0.25, 0.3) is 5.91 Å². The van der Waals surface area contributed by atoms with Gasteiger partial charge in [0, 0.05) is 5.69 Å². The summed E-state index contributed by atoms with van der Waals surface area (Å²) in [6, 6.07) is 5.07. The normalized spacial score (nSPS) is 14.1. The zero-order valence-corrected chi connectivity index (χ0v) is 11.8. The summed E-state index contributed by atoms with van der Waals surface area (Å²) in [7, 11) is 0. The average molecular weight is 278 g/mol. The molecule has 0 aromatic heterocycles. The van der Waals surface area contributed by atoms with Crippen LogP contribution in [0.2, 0.25) is 0 Å². The van der Waals surface area contributed by atoms with Crippen molar-refractivity contribution in [2.75, 3.05) is 23.8 Å². The summed E-state index contributed by atoms with van der Waals surface area (Å²) in [4.78, 5) is 23.0. The van der Waals surface area contributed by atoms with Crippen LogP contribution in [0.1, 0.15) is 20.8 Å². The van der Waals surface area contributed by atoms with Gasteiger partial charge in [0.15, 0.2) is 6.61 Å². The van der Waals surface area contributed by atoms with E-state index >= 15 is 0 Å². The average Bonchev–Trinajstić information content (AvgIpc) is 2.35. The first-order valence-corrected chi connectivity index (χ1v) is 6.34. The van der Waals surface area contributed by atoms with E-state index in [1.807, 2.05) is 20.8 Å². The zero-order chi connectivity index (χ0) is 14.8. The number of fused-ring (bicyclic) bond motifs is 1. The van der Waals surface area contributed by atoms with Gasteiger partial charge in [0.1, 0.15) is 12.4 Å². The molecular weight excluding hydrogens is 260 g/mol. The third-order valence-electron chi connectivity index (χ3n) is 2.53. The highest BCUT2D eigenvalue weighted by molar-refractivity contribution is 5.97. The fourth-order valence-corrected chi connectivity index (χ4v) is 1.64. The maximum Gasteiger partial charge on any atom is 0.262 e. The van der Waals surface area contributed by atoms with Crippen LogP contribution in [0, 0.1) is 0 Å². The van der Waals surface area contributed by atoms with Crippen molar-refractivity contribution in [3.8, 4) is 5.75 Å². The number of amides is 2. The second kappa shape index (κ2) is 5.50. The third kappa shape index (κ3) is 3.96. The predicted octanol–water partition coefficient (Wildman–Crippen LogP) is 1.77. The first kappa shape index (κ1) is 14.3. The first-order chi connectivity index (χ1) is 9.33. The molecule has 0 saturated heterocycles. The molecule has 0 spiro atoms. The lowest BCUT2D eigenvalue weighted by atomic mass is 10.2. The van der Waals surface area contributed by atoms with Crippen molar-refractivity contribution in [1.29, 1.82) is 0 Å². The first-order valence-electron chi connectivity index (χ1n) is 6.34. The van der Waals surface area contributed by atoms with E-state index in [-0.39, 0.29) is 30.6 Å². The van der Waals surface area contributed by atoms with Gasteiger partial charge in [-0.3, -0.25) is 9.59 Å². The Morgan fingerprint density at radius 3 is 2.90 bits per heavy atom. The second-order valence-electron chi connectivity index (χ2n) is 5.50. The molecule has 0 atom stereocenters.